The molecular formula is C8H5BrFNO3. The zero-order valence-electron chi connectivity index (χ0n) is 6.79. The zero-order valence-corrected chi connectivity index (χ0v) is 8.38. The van der Waals surface area contributed by atoms with Gasteiger partial charge in [-0.05, 0) is 6.07 Å². The maximum atomic E-state index is 12.8. The molecule has 0 spiro atoms. The minimum atomic E-state index is -0.951. The van der Waals surface area contributed by atoms with Crippen LogP contribution in [0.25, 0.3) is 0 Å². The van der Waals surface area contributed by atoms with Crippen molar-refractivity contribution in [2.75, 3.05) is 0 Å². The summed E-state index contributed by atoms with van der Waals surface area (Å²) in [6, 6.07) is 0.977. The lowest BCUT2D eigenvalue weighted by molar-refractivity contribution is 0.375. The topological polar surface area (TPSA) is 69.9 Å². The Hall–Kier alpha value is -1.39. The second-order valence-electron chi connectivity index (χ2n) is 2.42. The van der Waals surface area contributed by atoms with Gasteiger partial charge in [-0.15, -0.1) is 0 Å². The summed E-state index contributed by atoms with van der Waals surface area (Å²) >= 11 is 2.96. The molecule has 0 radical (unpaired) electrons. The van der Waals surface area contributed by atoms with Gasteiger partial charge in [-0.2, -0.15) is 0 Å². The summed E-state index contributed by atoms with van der Waals surface area (Å²) in [4.78, 5) is 13.0. The molecule has 4 nitrogen and oxygen atoms in total. The van der Waals surface area contributed by atoms with E-state index in [9.17, 15) is 14.3 Å². The number of nitrogens with zero attached hydrogens (tertiary/aromatic N) is 1. The lowest BCUT2D eigenvalue weighted by Gasteiger charge is -2.06. The van der Waals surface area contributed by atoms with Crippen LogP contribution in [-0.4, -0.2) is 16.3 Å². The lowest BCUT2D eigenvalue weighted by Crippen LogP contribution is -1.89. The molecule has 0 aliphatic heterocycles. The standard InChI is InChI=1S/C8H5BrFNO3/c9-5-1-6(10)8(14)7(13)4(5)2-11-3-12/h1,13-14H,2H2. The van der Waals surface area contributed by atoms with Crippen molar-refractivity contribution < 1.29 is 19.4 Å². The van der Waals surface area contributed by atoms with Crippen molar-refractivity contribution in [3.8, 4) is 11.5 Å². The maximum Gasteiger partial charge on any atom is 0.235 e. The van der Waals surface area contributed by atoms with Crippen molar-refractivity contribution in [1.29, 1.82) is 0 Å². The Bertz CT molecular complexity index is 416. The highest BCUT2D eigenvalue weighted by Gasteiger charge is 2.15. The molecule has 1 aromatic rings. The van der Waals surface area contributed by atoms with Crippen molar-refractivity contribution in [3.63, 3.8) is 0 Å². The van der Waals surface area contributed by atoms with Crippen molar-refractivity contribution in [1.82, 2.24) is 0 Å². The first-order valence-corrected chi connectivity index (χ1v) is 4.29. The molecule has 0 saturated heterocycles. The van der Waals surface area contributed by atoms with Crippen LogP contribution in [-0.2, 0) is 11.3 Å². The van der Waals surface area contributed by atoms with Crippen LogP contribution in [0.15, 0.2) is 15.5 Å². The lowest BCUT2D eigenvalue weighted by atomic mass is 10.2. The summed E-state index contributed by atoms with van der Waals surface area (Å²) in [5, 5.41) is 18.3. The Morgan fingerprint density at radius 2 is 2.14 bits per heavy atom. The van der Waals surface area contributed by atoms with E-state index in [1.54, 1.807) is 0 Å². The summed E-state index contributed by atoms with van der Waals surface area (Å²) in [5.74, 6) is -2.44. The predicted octanol–water partition coefficient (Wildman–Crippen LogP) is 1.84. The molecule has 1 rings (SSSR count). The molecule has 0 aliphatic carbocycles. The molecule has 74 valence electrons. The summed E-state index contributed by atoms with van der Waals surface area (Å²) in [6.45, 7) is -0.177. The van der Waals surface area contributed by atoms with E-state index >= 15 is 0 Å². The summed E-state index contributed by atoms with van der Waals surface area (Å²) in [7, 11) is 0. The fraction of sp³-hybridized carbons (Fsp3) is 0.125. The van der Waals surface area contributed by atoms with Gasteiger partial charge in [0.2, 0.25) is 6.08 Å². The molecule has 0 atom stereocenters. The SMILES string of the molecule is O=C=NCc1c(Br)cc(F)c(O)c1O. The molecule has 1 aromatic carbocycles. The highest BCUT2D eigenvalue weighted by molar-refractivity contribution is 9.10. The van der Waals surface area contributed by atoms with Crippen LogP contribution in [0, 0.1) is 5.82 Å². The van der Waals surface area contributed by atoms with Gasteiger partial charge < -0.3 is 10.2 Å². The second kappa shape index (κ2) is 4.21. The largest absolute Gasteiger partial charge is 0.504 e. The first-order chi connectivity index (χ1) is 6.57. The van der Waals surface area contributed by atoms with Gasteiger partial charge in [0.15, 0.2) is 17.3 Å². The molecule has 0 fully saturated rings. The van der Waals surface area contributed by atoms with E-state index in [1.165, 1.54) is 6.08 Å². The summed E-state index contributed by atoms with van der Waals surface area (Å²) in [6.07, 6.45) is 1.27. The second-order valence-corrected chi connectivity index (χ2v) is 3.28. The number of phenolic OH excluding ortho intramolecular Hbond substituents is 2. The normalized spacial score (nSPS) is 9.57. The number of halogens is 2. The van der Waals surface area contributed by atoms with Crippen molar-refractivity contribution in [2.45, 2.75) is 6.54 Å². The molecule has 0 amide bonds. The van der Waals surface area contributed by atoms with Crippen molar-refractivity contribution in [3.05, 3.63) is 21.9 Å². The van der Waals surface area contributed by atoms with E-state index in [1.807, 2.05) is 0 Å². The quantitative estimate of drug-likeness (QED) is 0.485. The van der Waals surface area contributed by atoms with Gasteiger partial charge in [0, 0.05) is 10.0 Å². The molecule has 0 heterocycles. The van der Waals surface area contributed by atoms with Gasteiger partial charge in [-0.3, -0.25) is 0 Å². The highest BCUT2D eigenvalue weighted by atomic mass is 79.9. The minimum absolute atomic E-state index is 0.132. The van der Waals surface area contributed by atoms with Crippen molar-refractivity contribution in [2.24, 2.45) is 4.99 Å². The number of hydrogen-bond donors (Lipinski definition) is 2. The Kier molecular flexibility index (Phi) is 3.22. The Labute approximate surface area is 86.8 Å². The number of aromatic hydroxyl groups is 2. The third kappa shape index (κ3) is 1.92. The van der Waals surface area contributed by atoms with Gasteiger partial charge >= 0.3 is 0 Å². The number of rotatable bonds is 2. The molecular weight excluding hydrogens is 257 g/mol. The zero-order chi connectivity index (χ0) is 10.7. The van der Waals surface area contributed by atoms with E-state index in [-0.39, 0.29) is 16.6 Å². The summed E-state index contributed by atoms with van der Waals surface area (Å²) < 4.78 is 13.0. The minimum Gasteiger partial charge on any atom is -0.504 e. The smallest absolute Gasteiger partial charge is 0.235 e. The molecule has 0 aliphatic rings. The molecule has 6 heteroatoms. The van der Waals surface area contributed by atoms with Crippen LogP contribution in [0.1, 0.15) is 5.56 Å². The van der Waals surface area contributed by atoms with Gasteiger partial charge in [-0.25, -0.2) is 14.2 Å². The molecule has 0 unspecified atom stereocenters. The van der Waals surface area contributed by atoms with E-state index < -0.39 is 17.3 Å². The molecule has 14 heavy (non-hydrogen) atoms. The average Bonchev–Trinajstić information content (AvgIpc) is 2.14. The van der Waals surface area contributed by atoms with Gasteiger partial charge in [0.25, 0.3) is 0 Å². The van der Waals surface area contributed by atoms with Crippen LogP contribution in [0.4, 0.5) is 4.39 Å². The van der Waals surface area contributed by atoms with E-state index in [4.69, 9.17) is 5.11 Å². The fourth-order valence-corrected chi connectivity index (χ4v) is 1.41. The first-order valence-electron chi connectivity index (χ1n) is 3.50. The highest BCUT2D eigenvalue weighted by Crippen LogP contribution is 2.37. The monoisotopic (exact) mass is 261 g/mol. The van der Waals surface area contributed by atoms with E-state index in [0.717, 1.165) is 6.07 Å². The maximum absolute atomic E-state index is 12.8. The van der Waals surface area contributed by atoms with Crippen molar-refractivity contribution >= 4 is 22.0 Å². The van der Waals surface area contributed by atoms with Gasteiger partial charge in [-0.1, -0.05) is 15.9 Å². The number of aliphatic imine (C=N–C) groups is 1. The van der Waals surface area contributed by atoms with Crippen LogP contribution in [0.2, 0.25) is 0 Å². The van der Waals surface area contributed by atoms with Crippen LogP contribution >= 0.6 is 15.9 Å². The third-order valence-corrected chi connectivity index (χ3v) is 2.29. The fourth-order valence-electron chi connectivity index (χ4n) is 0.898. The number of benzene rings is 1. The number of hydrogen-bond acceptors (Lipinski definition) is 4. The van der Waals surface area contributed by atoms with E-state index in [0.29, 0.717) is 0 Å². The van der Waals surface area contributed by atoms with Crippen LogP contribution in [0.3, 0.4) is 0 Å². The average molecular weight is 262 g/mol. The molecule has 0 aromatic heterocycles. The Balaban J connectivity index is 3.28. The molecule has 2 N–H and O–H groups in total. The van der Waals surface area contributed by atoms with E-state index in [2.05, 4.69) is 20.9 Å². The van der Waals surface area contributed by atoms with Gasteiger partial charge in [0.05, 0.1) is 6.54 Å². The Morgan fingerprint density at radius 3 is 2.71 bits per heavy atom. The third-order valence-electron chi connectivity index (χ3n) is 1.58. The predicted molar refractivity (Wildman–Crippen MR) is 49.3 cm³/mol. The molecule has 0 bridgehead atoms. The van der Waals surface area contributed by atoms with Crippen LogP contribution < -0.4 is 0 Å². The number of isocyanates is 1. The summed E-state index contributed by atoms with van der Waals surface area (Å²) in [5.41, 5.74) is 0.132. The van der Waals surface area contributed by atoms with Gasteiger partial charge in [0.1, 0.15) is 0 Å². The first kappa shape index (κ1) is 10.7. The number of carbonyl (C=O) groups excluding carboxylic acids is 1. The number of phenols is 2. The molecule has 0 saturated carbocycles. The Morgan fingerprint density at radius 1 is 1.50 bits per heavy atom. The van der Waals surface area contributed by atoms with Crippen LogP contribution in [0.5, 0.6) is 11.5 Å².